The molecule has 1 unspecified atom stereocenters. The molecule has 0 saturated heterocycles. The van der Waals surface area contributed by atoms with Gasteiger partial charge in [-0.3, -0.25) is 4.79 Å². The van der Waals surface area contributed by atoms with Gasteiger partial charge in [-0.1, -0.05) is 0 Å². The van der Waals surface area contributed by atoms with E-state index in [1.54, 1.807) is 13.7 Å². The largest absolute Gasteiger partial charge is 0.545 e. The highest BCUT2D eigenvalue weighted by Gasteiger charge is 2.44. The number of hydrogen-bond donors (Lipinski definition) is 0. The smallest absolute Gasteiger partial charge is 0.475 e. The Bertz CT molecular complexity index is 223. The highest BCUT2D eigenvalue weighted by Crippen LogP contribution is 2.17. The van der Waals surface area contributed by atoms with Crippen LogP contribution in [0.25, 0.3) is 0 Å². The van der Waals surface area contributed by atoms with Crippen LogP contribution < -0.4 is 0 Å². The van der Waals surface area contributed by atoms with Crippen molar-refractivity contribution in [3.63, 3.8) is 0 Å². The predicted molar refractivity (Wildman–Crippen MR) is 61.7 cm³/mol. The zero-order valence-electron chi connectivity index (χ0n) is 10.0. The first kappa shape index (κ1) is 15.0. The summed E-state index contributed by atoms with van der Waals surface area (Å²) in [7, 11) is -3.31. The maximum Gasteiger partial charge on any atom is 0.545 e. The average Bonchev–Trinajstić information content (AvgIpc) is 2.01. The molecule has 1 atom stereocenters. The predicted octanol–water partition coefficient (Wildman–Crippen LogP) is 1.17. The molecule has 0 aromatic rings. The summed E-state index contributed by atoms with van der Waals surface area (Å²) >= 11 is 0. The highest BCUT2D eigenvalue weighted by molar-refractivity contribution is 6.78. The maximum atomic E-state index is 10.9. The Kier molecular flexibility index (Phi) is 5.92. The van der Waals surface area contributed by atoms with Crippen molar-refractivity contribution in [2.75, 3.05) is 7.11 Å². The Hall–Kier alpha value is 0.000649. The van der Waals surface area contributed by atoms with Crippen LogP contribution in [0.5, 0.6) is 0 Å². The molecule has 0 rings (SSSR count). The molecule has 0 aromatic heterocycles. The van der Waals surface area contributed by atoms with E-state index in [-0.39, 0.29) is 15.7 Å². The standard InChI is InChI=1S/C7H18O5Si3/c1-7(8)10-15(6,11-13-3)12-14(4,5)9-2/h1-6H3. The van der Waals surface area contributed by atoms with E-state index in [4.69, 9.17) is 17.1 Å². The second-order valence-corrected chi connectivity index (χ2v) is 10.6. The van der Waals surface area contributed by atoms with E-state index in [2.05, 4.69) is 0 Å². The molecule has 0 N–H and O–H groups in total. The molecule has 0 heterocycles. The summed E-state index contributed by atoms with van der Waals surface area (Å²) in [5.41, 5.74) is 0. The Balaban J connectivity index is 4.56. The van der Waals surface area contributed by atoms with E-state index in [1.807, 2.05) is 19.6 Å². The first-order chi connectivity index (χ1) is 6.74. The van der Waals surface area contributed by atoms with Gasteiger partial charge in [0.15, 0.2) is 0 Å². The lowest BCUT2D eigenvalue weighted by molar-refractivity contribution is -0.135. The van der Waals surface area contributed by atoms with Gasteiger partial charge in [-0.25, -0.2) is 0 Å². The second kappa shape index (κ2) is 5.92. The molecule has 5 nitrogen and oxygen atoms in total. The summed E-state index contributed by atoms with van der Waals surface area (Å²) in [4.78, 5) is 10.9. The first-order valence-electron chi connectivity index (χ1n) is 4.54. The van der Waals surface area contributed by atoms with Crippen LogP contribution in [0.15, 0.2) is 0 Å². The van der Waals surface area contributed by atoms with Gasteiger partial charge in [0, 0.05) is 20.6 Å². The summed E-state index contributed by atoms with van der Waals surface area (Å²) in [6.45, 7) is 8.67. The van der Waals surface area contributed by atoms with Gasteiger partial charge in [0.1, 0.15) is 0 Å². The SMILES string of the molecule is CO[Si](C)(C)O[Si](C)(O[Si]C)OC(C)=O. The van der Waals surface area contributed by atoms with E-state index >= 15 is 0 Å². The molecular formula is C7H18O5Si3. The van der Waals surface area contributed by atoms with Gasteiger partial charge in [0.05, 0.1) is 0 Å². The third-order valence-electron chi connectivity index (χ3n) is 1.54. The van der Waals surface area contributed by atoms with Gasteiger partial charge in [0.2, 0.25) is 9.76 Å². The van der Waals surface area contributed by atoms with E-state index in [1.165, 1.54) is 6.92 Å². The van der Waals surface area contributed by atoms with Crippen molar-refractivity contribution in [3.8, 4) is 0 Å². The number of hydrogen-bond acceptors (Lipinski definition) is 5. The second-order valence-electron chi connectivity index (χ2n) is 3.47. The average molecular weight is 266 g/mol. The molecule has 0 bridgehead atoms. The van der Waals surface area contributed by atoms with Crippen molar-refractivity contribution in [1.29, 1.82) is 0 Å². The minimum absolute atomic E-state index is 0.222. The molecule has 0 aromatic carbocycles. The van der Waals surface area contributed by atoms with E-state index in [9.17, 15) is 4.79 Å². The third-order valence-corrected chi connectivity index (χ3v) is 8.93. The topological polar surface area (TPSA) is 54.0 Å². The van der Waals surface area contributed by atoms with Crippen molar-refractivity contribution in [2.45, 2.75) is 33.1 Å². The zero-order valence-corrected chi connectivity index (χ0v) is 13.0. The summed E-state index contributed by atoms with van der Waals surface area (Å²) in [6, 6.07) is 0. The van der Waals surface area contributed by atoms with Crippen LogP contribution >= 0.6 is 0 Å². The fourth-order valence-corrected chi connectivity index (χ4v) is 7.78. The summed E-state index contributed by atoms with van der Waals surface area (Å²) < 4.78 is 21.5. The Morgan fingerprint density at radius 1 is 1.27 bits per heavy atom. The molecule has 15 heavy (non-hydrogen) atoms. The molecule has 8 heteroatoms. The number of carbonyl (C=O) groups is 1. The Morgan fingerprint density at radius 3 is 2.13 bits per heavy atom. The van der Waals surface area contributed by atoms with E-state index in [0.29, 0.717) is 0 Å². The fourth-order valence-electron chi connectivity index (χ4n) is 0.997. The van der Waals surface area contributed by atoms with Crippen LogP contribution in [0.4, 0.5) is 0 Å². The monoisotopic (exact) mass is 266 g/mol. The van der Waals surface area contributed by atoms with Crippen molar-refractivity contribution < 1.29 is 21.9 Å². The van der Waals surface area contributed by atoms with Crippen LogP contribution in [-0.4, -0.2) is 40.2 Å². The molecule has 0 aliphatic heterocycles. The van der Waals surface area contributed by atoms with Gasteiger partial charge in [-0.05, 0) is 19.6 Å². The molecular weight excluding hydrogens is 248 g/mol. The van der Waals surface area contributed by atoms with E-state index in [0.717, 1.165) is 0 Å². The van der Waals surface area contributed by atoms with Crippen LogP contribution in [0.3, 0.4) is 0 Å². The highest BCUT2D eigenvalue weighted by atomic mass is 28.5. The molecule has 0 saturated carbocycles. The minimum Gasteiger partial charge on any atom is -0.475 e. The van der Waals surface area contributed by atoms with Crippen LogP contribution in [0.2, 0.25) is 26.2 Å². The lowest BCUT2D eigenvalue weighted by Crippen LogP contribution is -2.53. The molecule has 0 spiro atoms. The van der Waals surface area contributed by atoms with Crippen molar-refractivity contribution >= 4 is 33.1 Å². The van der Waals surface area contributed by atoms with Crippen molar-refractivity contribution in [2.24, 2.45) is 0 Å². The van der Waals surface area contributed by atoms with Crippen LogP contribution in [0.1, 0.15) is 6.92 Å². The Labute approximate surface area is 95.6 Å². The van der Waals surface area contributed by atoms with Gasteiger partial charge in [0.25, 0.3) is 5.97 Å². The lowest BCUT2D eigenvalue weighted by Gasteiger charge is -2.31. The maximum absolute atomic E-state index is 10.9. The minimum atomic E-state index is -2.87. The molecule has 0 aliphatic carbocycles. The van der Waals surface area contributed by atoms with E-state index < -0.39 is 17.4 Å². The zero-order chi connectivity index (χ0) is 12.1. The summed E-state index contributed by atoms with van der Waals surface area (Å²) in [5, 5.41) is 0. The first-order valence-corrected chi connectivity index (χ1v) is 11.0. The Morgan fingerprint density at radius 2 is 1.80 bits per heavy atom. The van der Waals surface area contributed by atoms with Crippen LogP contribution in [0, 0.1) is 0 Å². The third kappa shape index (κ3) is 6.22. The molecule has 88 valence electrons. The molecule has 2 radical (unpaired) electrons. The lowest BCUT2D eigenvalue weighted by atomic mass is 10.9. The fraction of sp³-hybridized carbons (Fsp3) is 0.857. The molecule has 0 fully saturated rings. The van der Waals surface area contributed by atoms with Crippen LogP contribution in [-0.2, 0) is 21.9 Å². The van der Waals surface area contributed by atoms with Gasteiger partial charge in [-0.2, -0.15) is 0 Å². The van der Waals surface area contributed by atoms with Crippen molar-refractivity contribution in [1.82, 2.24) is 0 Å². The quantitative estimate of drug-likeness (QED) is 0.676. The number of carbonyl (C=O) groups excluding carboxylic acids is 1. The van der Waals surface area contributed by atoms with Gasteiger partial charge < -0.3 is 17.1 Å². The van der Waals surface area contributed by atoms with Crippen molar-refractivity contribution in [3.05, 3.63) is 0 Å². The summed E-state index contributed by atoms with van der Waals surface area (Å²) in [6.07, 6.45) is 0. The summed E-state index contributed by atoms with van der Waals surface area (Å²) in [5.74, 6) is -0.386. The number of rotatable bonds is 6. The van der Waals surface area contributed by atoms with Gasteiger partial charge in [-0.15, -0.1) is 0 Å². The molecule has 0 amide bonds. The normalized spacial score (nSPS) is 15.9. The van der Waals surface area contributed by atoms with Gasteiger partial charge >= 0.3 is 17.4 Å². The molecule has 0 aliphatic rings.